The molecular formula is C15H20O10. The molecular weight excluding hydrogens is 340 g/mol. The van der Waals surface area contributed by atoms with Crippen molar-refractivity contribution in [2.75, 3.05) is 13.2 Å². The zero-order chi connectivity index (χ0) is 19.0. The zero-order valence-corrected chi connectivity index (χ0v) is 14.1. The normalized spacial score (nSPS) is 18.9. The standard InChI is InChI=1S/C15H20O10/c1-8(17)21-7-13(23-9(2)18)15(24-10(3)19)12(5-16)25-14(20)4-11-6-22-11/h5,11-13,15H,4,6-7H2,1-3H3/t11?,12-,13-,15+/m1/s1. The van der Waals surface area contributed by atoms with E-state index in [2.05, 4.69) is 0 Å². The minimum Gasteiger partial charge on any atom is -0.462 e. The van der Waals surface area contributed by atoms with Gasteiger partial charge in [0.25, 0.3) is 0 Å². The van der Waals surface area contributed by atoms with Crippen molar-refractivity contribution in [2.45, 2.75) is 51.6 Å². The Bertz CT molecular complexity index is 524. The molecule has 0 aromatic rings. The largest absolute Gasteiger partial charge is 0.462 e. The van der Waals surface area contributed by atoms with Gasteiger partial charge in [-0.05, 0) is 0 Å². The molecule has 0 radical (unpaired) electrons. The zero-order valence-electron chi connectivity index (χ0n) is 14.1. The average Bonchev–Trinajstić information content (AvgIpc) is 3.30. The quantitative estimate of drug-likeness (QED) is 0.213. The second kappa shape index (κ2) is 9.72. The molecule has 1 aliphatic rings. The van der Waals surface area contributed by atoms with E-state index in [4.69, 9.17) is 23.7 Å². The molecule has 1 fully saturated rings. The number of carbonyl (C=O) groups is 5. The van der Waals surface area contributed by atoms with Gasteiger partial charge in [0.2, 0.25) is 0 Å². The van der Waals surface area contributed by atoms with Gasteiger partial charge >= 0.3 is 23.9 Å². The molecule has 0 spiro atoms. The number of rotatable bonds is 10. The van der Waals surface area contributed by atoms with Gasteiger partial charge in [-0.3, -0.25) is 24.0 Å². The van der Waals surface area contributed by atoms with E-state index in [1.165, 1.54) is 0 Å². The highest BCUT2D eigenvalue weighted by atomic mass is 16.6. The van der Waals surface area contributed by atoms with Crippen molar-refractivity contribution in [3.63, 3.8) is 0 Å². The maximum absolute atomic E-state index is 11.8. The fraction of sp³-hybridized carbons (Fsp3) is 0.667. The Morgan fingerprint density at radius 2 is 1.64 bits per heavy atom. The maximum Gasteiger partial charge on any atom is 0.309 e. The van der Waals surface area contributed by atoms with Gasteiger partial charge in [-0.2, -0.15) is 0 Å². The second-order valence-corrected chi connectivity index (χ2v) is 5.27. The number of hydrogen-bond donors (Lipinski definition) is 0. The summed E-state index contributed by atoms with van der Waals surface area (Å²) in [4.78, 5) is 56.7. The molecule has 4 atom stereocenters. The van der Waals surface area contributed by atoms with Crippen molar-refractivity contribution in [3.8, 4) is 0 Å². The van der Waals surface area contributed by atoms with Crippen LogP contribution in [-0.2, 0) is 47.7 Å². The van der Waals surface area contributed by atoms with E-state index in [0.717, 1.165) is 20.8 Å². The van der Waals surface area contributed by atoms with Crippen LogP contribution in [0.4, 0.5) is 0 Å². The van der Waals surface area contributed by atoms with Crippen molar-refractivity contribution >= 4 is 30.2 Å². The number of esters is 4. The van der Waals surface area contributed by atoms with Crippen LogP contribution in [0.5, 0.6) is 0 Å². The van der Waals surface area contributed by atoms with Crippen LogP contribution in [-0.4, -0.2) is 67.8 Å². The van der Waals surface area contributed by atoms with Gasteiger partial charge in [0.05, 0.1) is 19.1 Å². The molecule has 1 saturated heterocycles. The van der Waals surface area contributed by atoms with Crippen LogP contribution in [0.3, 0.4) is 0 Å². The van der Waals surface area contributed by atoms with E-state index in [0.29, 0.717) is 6.61 Å². The first-order chi connectivity index (χ1) is 11.7. The van der Waals surface area contributed by atoms with E-state index < -0.39 is 48.8 Å². The lowest BCUT2D eigenvalue weighted by atomic mass is 10.1. The molecule has 0 N–H and O–H groups in total. The summed E-state index contributed by atoms with van der Waals surface area (Å²) in [6, 6.07) is 0. The molecule has 10 nitrogen and oxygen atoms in total. The van der Waals surface area contributed by atoms with Gasteiger partial charge in [0.1, 0.15) is 6.61 Å². The Balaban J connectivity index is 2.90. The van der Waals surface area contributed by atoms with Gasteiger partial charge in [-0.1, -0.05) is 0 Å². The number of epoxide rings is 1. The number of hydrogen-bond acceptors (Lipinski definition) is 10. The maximum atomic E-state index is 11.8. The van der Waals surface area contributed by atoms with Crippen molar-refractivity contribution in [1.29, 1.82) is 0 Å². The molecule has 0 amide bonds. The van der Waals surface area contributed by atoms with Gasteiger partial charge in [-0.15, -0.1) is 0 Å². The minimum atomic E-state index is -1.55. The smallest absolute Gasteiger partial charge is 0.309 e. The third kappa shape index (κ3) is 8.25. The Labute approximate surface area is 143 Å². The van der Waals surface area contributed by atoms with Crippen molar-refractivity contribution in [2.24, 2.45) is 0 Å². The Morgan fingerprint density at radius 1 is 1.04 bits per heavy atom. The summed E-state index contributed by atoms with van der Waals surface area (Å²) in [6.07, 6.45) is -4.44. The molecule has 1 aliphatic heterocycles. The summed E-state index contributed by atoms with van der Waals surface area (Å²) in [5.74, 6) is -3.00. The van der Waals surface area contributed by atoms with Crippen molar-refractivity contribution < 1.29 is 47.7 Å². The van der Waals surface area contributed by atoms with E-state index in [9.17, 15) is 24.0 Å². The van der Waals surface area contributed by atoms with Gasteiger partial charge < -0.3 is 23.7 Å². The molecule has 10 heteroatoms. The van der Waals surface area contributed by atoms with Crippen LogP contribution in [0.2, 0.25) is 0 Å². The first-order valence-corrected chi connectivity index (χ1v) is 7.47. The van der Waals surface area contributed by atoms with Crippen LogP contribution in [0.15, 0.2) is 0 Å². The fourth-order valence-corrected chi connectivity index (χ4v) is 1.90. The third-order valence-electron chi connectivity index (χ3n) is 2.96. The molecule has 0 aliphatic carbocycles. The summed E-state index contributed by atoms with van der Waals surface area (Å²) >= 11 is 0. The molecule has 140 valence electrons. The molecule has 0 saturated carbocycles. The Morgan fingerprint density at radius 3 is 2.08 bits per heavy atom. The SMILES string of the molecule is CC(=O)OC[C@@H](OC(C)=O)[C@@H](OC(C)=O)[C@@H](C=O)OC(=O)CC1CO1. The highest BCUT2D eigenvalue weighted by molar-refractivity contribution is 5.74. The van der Waals surface area contributed by atoms with E-state index >= 15 is 0 Å². The van der Waals surface area contributed by atoms with E-state index in [1.807, 2.05) is 0 Å². The van der Waals surface area contributed by atoms with Crippen LogP contribution in [0, 0.1) is 0 Å². The molecule has 0 bridgehead atoms. The monoisotopic (exact) mass is 360 g/mol. The molecule has 1 unspecified atom stereocenters. The predicted molar refractivity (Wildman–Crippen MR) is 78.0 cm³/mol. The third-order valence-corrected chi connectivity index (χ3v) is 2.96. The first kappa shape index (κ1) is 20.6. The Kier molecular flexibility index (Phi) is 7.99. The number of ether oxygens (including phenoxy) is 5. The second-order valence-electron chi connectivity index (χ2n) is 5.27. The molecule has 0 aromatic heterocycles. The van der Waals surface area contributed by atoms with Crippen LogP contribution >= 0.6 is 0 Å². The minimum absolute atomic E-state index is 0.0701. The highest BCUT2D eigenvalue weighted by Crippen LogP contribution is 2.17. The van der Waals surface area contributed by atoms with Gasteiger partial charge in [0.15, 0.2) is 24.6 Å². The van der Waals surface area contributed by atoms with Crippen LogP contribution in [0.1, 0.15) is 27.2 Å². The van der Waals surface area contributed by atoms with E-state index in [-0.39, 0.29) is 18.8 Å². The highest BCUT2D eigenvalue weighted by Gasteiger charge is 2.39. The van der Waals surface area contributed by atoms with Crippen LogP contribution in [0.25, 0.3) is 0 Å². The lowest BCUT2D eigenvalue weighted by Gasteiger charge is -2.29. The fourth-order valence-electron chi connectivity index (χ4n) is 1.90. The summed E-state index contributed by atoms with van der Waals surface area (Å²) in [5.41, 5.74) is 0. The van der Waals surface area contributed by atoms with Crippen molar-refractivity contribution in [3.05, 3.63) is 0 Å². The van der Waals surface area contributed by atoms with Crippen molar-refractivity contribution in [1.82, 2.24) is 0 Å². The predicted octanol–water partition coefficient (Wildman–Crippen LogP) is -0.687. The molecule has 0 aromatic carbocycles. The Hall–Kier alpha value is -2.49. The average molecular weight is 360 g/mol. The number of carbonyl (C=O) groups excluding carboxylic acids is 5. The first-order valence-electron chi connectivity index (χ1n) is 7.47. The summed E-state index contributed by atoms with van der Waals surface area (Å²) in [7, 11) is 0. The van der Waals surface area contributed by atoms with Gasteiger partial charge in [0, 0.05) is 20.8 Å². The summed E-state index contributed by atoms with van der Waals surface area (Å²) in [6.45, 7) is 3.19. The van der Waals surface area contributed by atoms with Crippen LogP contribution < -0.4 is 0 Å². The molecule has 25 heavy (non-hydrogen) atoms. The van der Waals surface area contributed by atoms with Gasteiger partial charge in [-0.25, -0.2) is 0 Å². The molecule has 1 heterocycles. The number of aldehydes is 1. The summed E-state index contributed by atoms with van der Waals surface area (Å²) in [5, 5.41) is 0. The van der Waals surface area contributed by atoms with E-state index in [1.54, 1.807) is 0 Å². The lowest BCUT2D eigenvalue weighted by Crippen LogP contribution is -2.48. The summed E-state index contributed by atoms with van der Waals surface area (Å²) < 4.78 is 24.6. The topological polar surface area (TPSA) is 135 Å². The molecule has 1 rings (SSSR count). The lowest BCUT2D eigenvalue weighted by molar-refractivity contribution is -0.189.